The van der Waals surface area contributed by atoms with Crippen LogP contribution in [0.1, 0.15) is 44.2 Å². The van der Waals surface area contributed by atoms with Gasteiger partial charge in [-0.25, -0.2) is 0 Å². The number of aliphatic hydroxyl groups is 1. The minimum Gasteiger partial charge on any atom is -0.508 e. The highest BCUT2D eigenvalue weighted by atomic mass is 16.5. The first kappa shape index (κ1) is 16.3. The molecule has 0 saturated carbocycles. The van der Waals surface area contributed by atoms with Crippen molar-refractivity contribution in [2.45, 2.75) is 57.1 Å². The Morgan fingerprint density at radius 1 is 1.33 bits per heavy atom. The van der Waals surface area contributed by atoms with E-state index in [2.05, 4.69) is 13.8 Å². The fourth-order valence-electron chi connectivity index (χ4n) is 3.65. The number of rotatable bonds is 6. The minimum absolute atomic E-state index is 0.0338. The molecule has 118 valence electrons. The summed E-state index contributed by atoms with van der Waals surface area (Å²) in [6.07, 6.45) is 3.21. The molecule has 0 spiro atoms. The number of benzene rings is 1. The second kappa shape index (κ2) is 6.77. The molecule has 0 heterocycles. The third kappa shape index (κ3) is 2.93. The first-order valence-electron chi connectivity index (χ1n) is 7.89. The summed E-state index contributed by atoms with van der Waals surface area (Å²) < 4.78 is 5.93. The molecule has 1 aromatic carbocycles. The van der Waals surface area contributed by atoms with Crippen LogP contribution in [0.5, 0.6) is 5.75 Å². The van der Waals surface area contributed by atoms with Crippen molar-refractivity contribution in [3.63, 3.8) is 0 Å². The Balaban J connectivity index is 2.36. The van der Waals surface area contributed by atoms with Gasteiger partial charge in [0.1, 0.15) is 5.75 Å². The maximum absolute atomic E-state index is 9.84. The standard InChI is InChI=1S/C17H27NO3/c1-3-17(4-2)14-11-13(20)7-6-12(14)10-15(16(17)18)21-9-5-8-19/h6-7,11,15-16,19-20H,3-5,8-10,18H2,1-2H3. The summed E-state index contributed by atoms with van der Waals surface area (Å²) in [6.45, 7) is 4.96. The average molecular weight is 293 g/mol. The Labute approximate surface area is 126 Å². The van der Waals surface area contributed by atoms with Crippen LogP contribution in [-0.4, -0.2) is 35.6 Å². The van der Waals surface area contributed by atoms with E-state index in [0.717, 1.165) is 19.3 Å². The maximum atomic E-state index is 9.84. The minimum atomic E-state index is -0.157. The molecule has 2 rings (SSSR count). The zero-order chi connectivity index (χ0) is 15.5. The number of aliphatic hydroxyl groups excluding tert-OH is 1. The fraction of sp³-hybridized carbons (Fsp3) is 0.647. The molecule has 0 bridgehead atoms. The number of ether oxygens (including phenoxy) is 1. The van der Waals surface area contributed by atoms with Gasteiger partial charge >= 0.3 is 0 Å². The van der Waals surface area contributed by atoms with Gasteiger partial charge in [-0.1, -0.05) is 19.9 Å². The number of aromatic hydroxyl groups is 1. The van der Waals surface area contributed by atoms with E-state index in [4.69, 9.17) is 15.6 Å². The summed E-state index contributed by atoms with van der Waals surface area (Å²) in [4.78, 5) is 0. The highest BCUT2D eigenvalue weighted by molar-refractivity contribution is 5.44. The lowest BCUT2D eigenvalue weighted by atomic mass is 9.63. The molecule has 0 aliphatic heterocycles. The predicted octanol–water partition coefficient (Wildman–Crippen LogP) is 2.10. The monoisotopic (exact) mass is 293 g/mol. The summed E-state index contributed by atoms with van der Waals surface area (Å²) in [5.74, 6) is 0.298. The van der Waals surface area contributed by atoms with E-state index < -0.39 is 0 Å². The number of fused-ring (bicyclic) bond motifs is 1. The van der Waals surface area contributed by atoms with Crippen molar-refractivity contribution >= 4 is 0 Å². The molecule has 1 aliphatic rings. The Bertz CT molecular complexity index is 471. The molecule has 2 unspecified atom stereocenters. The second-order valence-corrected chi connectivity index (χ2v) is 5.92. The van der Waals surface area contributed by atoms with Gasteiger partial charge in [0.2, 0.25) is 0 Å². The van der Waals surface area contributed by atoms with Crippen molar-refractivity contribution in [1.82, 2.24) is 0 Å². The molecule has 4 nitrogen and oxygen atoms in total. The lowest BCUT2D eigenvalue weighted by molar-refractivity contribution is -0.000342. The number of phenolic OH excluding ortho intramolecular Hbond substituents is 1. The molecule has 4 heteroatoms. The lowest BCUT2D eigenvalue weighted by Gasteiger charge is -2.47. The zero-order valence-electron chi connectivity index (χ0n) is 13.0. The third-order valence-electron chi connectivity index (χ3n) is 4.99. The topological polar surface area (TPSA) is 75.7 Å². The number of hydrogen-bond donors (Lipinski definition) is 3. The van der Waals surface area contributed by atoms with Gasteiger partial charge in [-0.3, -0.25) is 0 Å². The Hall–Kier alpha value is -1.10. The van der Waals surface area contributed by atoms with Crippen LogP contribution in [-0.2, 0) is 16.6 Å². The van der Waals surface area contributed by atoms with Crippen LogP contribution < -0.4 is 5.73 Å². The molecule has 1 aliphatic carbocycles. The average Bonchev–Trinajstić information content (AvgIpc) is 2.49. The van der Waals surface area contributed by atoms with Gasteiger partial charge in [0.15, 0.2) is 0 Å². The van der Waals surface area contributed by atoms with Gasteiger partial charge in [0.25, 0.3) is 0 Å². The maximum Gasteiger partial charge on any atom is 0.115 e. The summed E-state index contributed by atoms with van der Waals surface area (Å²) in [5, 5.41) is 18.7. The molecule has 0 aromatic heterocycles. The lowest BCUT2D eigenvalue weighted by Crippen LogP contribution is -2.57. The summed E-state index contributed by atoms with van der Waals surface area (Å²) in [5.41, 5.74) is 8.78. The molecule has 2 atom stereocenters. The van der Waals surface area contributed by atoms with E-state index in [0.29, 0.717) is 18.8 Å². The molecular formula is C17H27NO3. The van der Waals surface area contributed by atoms with Crippen molar-refractivity contribution in [2.24, 2.45) is 5.73 Å². The summed E-state index contributed by atoms with van der Waals surface area (Å²) in [6, 6.07) is 5.49. The van der Waals surface area contributed by atoms with Crippen LogP contribution in [0.2, 0.25) is 0 Å². The van der Waals surface area contributed by atoms with Crippen LogP contribution in [0.4, 0.5) is 0 Å². The van der Waals surface area contributed by atoms with Crippen molar-refractivity contribution in [2.75, 3.05) is 13.2 Å². The van der Waals surface area contributed by atoms with E-state index in [1.54, 1.807) is 6.07 Å². The highest BCUT2D eigenvalue weighted by Gasteiger charge is 2.45. The number of phenols is 1. The van der Waals surface area contributed by atoms with Crippen molar-refractivity contribution in [1.29, 1.82) is 0 Å². The van der Waals surface area contributed by atoms with Crippen molar-refractivity contribution in [3.8, 4) is 5.75 Å². The number of hydrogen-bond acceptors (Lipinski definition) is 4. The van der Waals surface area contributed by atoms with Gasteiger partial charge in [-0.2, -0.15) is 0 Å². The fourth-order valence-corrected chi connectivity index (χ4v) is 3.65. The van der Waals surface area contributed by atoms with E-state index in [1.807, 2.05) is 12.1 Å². The van der Waals surface area contributed by atoms with Gasteiger partial charge < -0.3 is 20.7 Å². The normalized spacial score (nSPS) is 23.8. The first-order chi connectivity index (χ1) is 10.1. The quantitative estimate of drug-likeness (QED) is 0.702. The smallest absolute Gasteiger partial charge is 0.115 e. The Kier molecular flexibility index (Phi) is 5.25. The zero-order valence-corrected chi connectivity index (χ0v) is 13.0. The van der Waals surface area contributed by atoms with Crippen LogP contribution in [0.25, 0.3) is 0 Å². The van der Waals surface area contributed by atoms with Gasteiger partial charge in [-0.05, 0) is 42.5 Å². The van der Waals surface area contributed by atoms with E-state index in [1.165, 1.54) is 11.1 Å². The molecule has 0 fully saturated rings. The molecule has 4 N–H and O–H groups in total. The second-order valence-electron chi connectivity index (χ2n) is 5.92. The van der Waals surface area contributed by atoms with Gasteiger partial charge in [0, 0.05) is 31.1 Å². The summed E-state index contributed by atoms with van der Waals surface area (Å²) >= 11 is 0. The van der Waals surface area contributed by atoms with Crippen LogP contribution in [0.3, 0.4) is 0 Å². The third-order valence-corrected chi connectivity index (χ3v) is 4.99. The predicted molar refractivity (Wildman–Crippen MR) is 83.5 cm³/mol. The molecular weight excluding hydrogens is 266 g/mol. The Morgan fingerprint density at radius 3 is 2.67 bits per heavy atom. The van der Waals surface area contributed by atoms with Crippen LogP contribution >= 0.6 is 0 Å². The molecule has 1 aromatic rings. The molecule has 0 radical (unpaired) electrons. The number of nitrogens with two attached hydrogens (primary N) is 1. The van der Waals surface area contributed by atoms with Crippen molar-refractivity contribution in [3.05, 3.63) is 29.3 Å². The molecule has 0 amide bonds. The largest absolute Gasteiger partial charge is 0.508 e. The summed E-state index contributed by atoms with van der Waals surface area (Å²) in [7, 11) is 0. The van der Waals surface area contributed by atoms with Crippen molar-refractivity contribution < 1.29 is 14.9 Å². The Morgan fingerprint density at radius 2 is 2.05 bits per heavy atom. The van der Waals surface area contributed by atoms with Crippen LogP contribution in [0.15, 0.2) is 18.2 Å². The van der Waals surface area contributed by atoms with E-state index >= 15 is 0 Å². The first-order valence-corrected chi connectivity index (χ1v) is 7.89. The van der Waals surface area contributed by atoms with Crippen LogP contribution in [0, 0.1) is 0 Å². The van der Waals surface area contributed by atoms with Gasteiger partial charge in [0.05, 0.1) is 6.10 Å². The molecule has 0 saturated heterocycles. The van der Waals surface area contributed by atoms with Gasteiger partial charge in [-0.15, -0.1) is 0 Å². The van der Waals surface area contributed by atoms with E-state index in [9.17, 15) is 5.11 Å². The van der Waals surface area contributed by atoms with E-state index in [-0.39, 0.29) is 24.2 Å². The highest BCUT2D eigenvalue weighted by Crippen LogP contribution is 2.43. The molecule has 21 heavy (non-hydrogen) atoms. The SMILES string of the molecule is CCC1(CC)c2cc(O)ccc2CC(OCCCO)C1N.